The van der Waals surface area contributed by atoms with Crippen LogP contribution >= 0.6 is 0 Å². The summed E-state index contributed by atoms with van der Waals surface area (Å²) in [5, 5.41) is 5.12. The molecule has 2 aromatic heterocycles. The van der Waals surface area contributed by atoms with Crippen molar-refractivity contribution >= 4 is 24.0 Å². The molecule has 16 heteroatoms. The molecule has 2 aliphatic rings. The molecule has 2 fully saturated rings. The Kier molecular flexibility index (Phi) is 11.3. The quantitative estimate of drug-likeness (QED) is 0.156. The third kappa shape index (κ3) is 7.77. The van der Waals surface area contributed by atoms with Crippen molar-refractivity contribution in [1.29, 1.82) is 0 Å². The van der Waals surface area contributed by atoms with Gasteiger partial charge in [0.1, 0.15) is 35.4 Å². The van der Waals surface area contributed by atoms with Crippen LogP contribution in [0, 0.1) is 17.6 Å². The summed E-state index contributed by atoms with van der Waals surface area (Å²) in [7, 11) is 2.47. The van der Waals surface area contributed by atoms with E-state index in [9.17, 15) is 19.2 Å². The van der Waals surface area contributed by atoms with Crippen LogP contribution in [0.25, 0.3) is 33.6 Å². The van der Waals surface area contributed by atoms with Crippen molar-refractivity contribution < 1.29 is 37.4 Å². The van der Waals surface area contributed by atoms with Crippen molar-refractivity contribution in [2.45, 2.75) is 70.6 Å². The van der Waals surface area contributed by atoms with Crippen molar-refractivity contribution in [3.8, 4) is 33.6 Å². The van der Waals surface area contributed by atoms with Gasteiger partial charge in [-0.05, 0) is 73.9 Å². The van der Waals surface area contributed by atoms with Gasteiger partial charge in [-0.3, -0.25) is 9.59 Å². The highest BCUT2D eigenvalue weighted by atomic mass is 19.1. The molecule has 0 radical (unpaired) electrons. The Morgan fingerprint density at radius 1 is 0.741 bits per heavy atom. The third-order valence-electron chi connectivity index (χ3n) is 10.0. The second kappa shape index (κ2) is 16.1. The average molecular weight is 747 g/mol. The second-order valence-electron chi connectivity index (χ2n) is 13.8. The van der Waals surface area contributed by atoms with Crippen LogP contribution in [0.2, 0.25) is 0 Å². The van der Waals surface area contributed by atoms with E-state index in [0.29, 0.717) is 60.1 Å². The maximum absolute atomic E-state index is 15.7. The summed E-state index contributed by atoms with van der Waals surface area (Å²) >= 11 is 0. The number of carbonyl (C=O) groups excluding carboxylic acids is 4. The molecule has 4 amide bonds. The Morgan fingerprint density at radius 2 is 1.20 bits per heavy atom. The van der Waals surface area contributed by atoms with E-state index in [-0.39, 0.29) is 40.9 Å². The lowest BCUT2D eigenvalue weighted by atomic mass is 10.00. The first-order valence-corrected chi connectivity index (χ1v) is 17.9. The minimum absolute atomic E-state index is 0.179. The molecular weight excluding hydrogens is 702 g/mol. The largest absolute Gasteiger partial charge is 0.453 e. The van der Waals surface area contributed by atoms with Crippen molar-refractivity contribution in [2.24, 2.45) is 5.92 Å². The predicted molar refractivity (Wildman–Crippen MR) is 194 cm³/mol. The zero-order chi connectivity index (χ0) is 38.7. The summed E-state index contributed by atoms with van der Waals surface area (Å²) in [5.74, 6) is -0.770. The lowest BCUT2D eigenvalue weighted by Crippen LogP contribution is -2.51. The number of carbonyl (C=O) groups is 4. The summed E-state index contributed by atoms with van der Waals surface area (Å²) in [4.78, 5) is 68.7. The lowest BCUT2D eigenvalue weighted by molar-refractivity contribution is -0.135. The van der Waals surface area contributed by atoms with Gasteiger partial charge in [-0.2, -0.15) is 0 Å². The number of nitrogens with zero attached hydrogens (tertiary/aromatic N) is 4. The molecule has 286 valence electrons. The highest BCUT2D eigenvalue weighted by Gasteiger charge is 2.38. The van der Waals surface area contributed by atoms with Crippen molar-refractivity contribution in [1.82, 2.24) is 40.4 Å². The summed E-state index contributed by atoms with van der Waals surface area (Å²) in [6.45, 7) is 6.24. The van der Waals surface area contributed by atoms with Gasteiger partial charge in [-0.15, -0.1) is 0 Å². The van der Waals surface area contributed by atoms with Crippen LogP contribution in [-0.4, -0.2) is 93.1 Å². The molecule has 14 nitrogen and oxygen atoms in total. The maximum atomic E-state index is 15.7. The Morgan fingerprint density at radius 3 is 1.65 bits per heavy atom. The number of hydrogen-bond donors (Lipinski definition) is 4. The summed E-state index contributed by atoms with van der Waals surface area (Å²) in [6, 6.07) is 6.92. The number of alkyl carbamates (subject to hydrolysis) is 2. The molecule has 0 saturated carbocycles. The fourth-order valence-electron chi connectivity index (χ4n) is 7.17. The van der Waals surface area contributed by atoms with Gasteiger partial charge >= 0.3 is 12.2 Å². The number of amides is 4. The average Bonchev–Trinajstić information content (AvgIpc) is 3.99. The monoisotopic (exact) mass is 746 g/mol. The van der Waals surface area contributed by atoms with Crippen LogP contribution in [0.4, 0.5) is 18.4 Å². The number of ether oxygens (including phenoxy) is 2. The first-order valence-electron chi connectivity index (χ1n) is 17.9. The van der Waals surface area contributed by atoms with Crippen LogP contribution in [0.15, 0.2) is 48.8 Å². The molecule has 2 aromatic carbocycles. The summed E-state index contributed by atoms with van der Waals surface area (Å²) in [5.41, 5.74) is 2.30. The second-order valence-corrected chi connectivity index (χ2v) is 13.8. The number of nitrogens with one attached hydrogen (secondary N) is 4. The van der Waals surface area contributed by atoms with Gasteiger partial charge in [0.2, 0.25) is 11.8 Å². The van der Waals surface area contributed by atoms with E-state index in [1.54, 1.807) is 41.0 Å². The van der Waals surface area contributed by atoms with E-state index in [2.05, 4.69) is 35.3 Å². The molecule has 2 aliphatic heterocycles. The lowest BCUT2D eigenvalue weighted by Gasteiger charge is -2.30. The number of aromatic nitrogens is 4. The van der Waals surface area contributed by atoms with Crippen LogP contribution in [0.1, 0.15) is 70.2 Å². The summed E-state index contributed by atoms with van der Waals surface area (Å²) < 4.78 is 40.6. The number of benzene rings is 2. The fraction of sp³-hybridized carbons (Fsp3) is 0.421. The Bertz CT molecular complexity index is 2030. The molecule has 54 heavy (non-hydrogen) atoms. The number of methoxy groups -OCH3 is 2. The zero-order valence-corrected chi connectivity index (χ0v) is 30.7. The molecule has 4 heterocycles. The minimum Gasteiger partial charge on any atom is -0.453 e. The molecule has 4 aromatic rings. The van der Waals surface area contributed by atoms with Crippen molar-refractivity contribution in [3.05, 3.63) is 72.1 Å². The molecule has 0 spiro atoms. The van der Waals surface area contributed by atoms with Gasteiger partial charge in [0.05, 0.1) is 50.1 Å². The zero-order valence-electron chi connectivity index (χ0n) is 30.7. The SMILES string of the molecule is COC(=O)N[C@@H](C)C(=O)N1CCC[C@H]1c1ncc(-c2ccc(-c3ccc(-c4cnc([C@@H]5CCCN5C(=O)[C@@H](NC(=O)OC)C(C)C)[nH]4)c(F)c3)cc2F)[nH]1. The number of likely N-dealkylation sites (tertiary alicyclic amines) is 2. The molecule has 0 bridgehead atoms. The van der Waals surface area contributed by atoms with E-state index in [1.165, 1.54) is 38.7 Å². The Labute approximate surface area is 311 Å². The number of rotatable bonds is 10. The number of H-pyrrole nitrogens is 2. The highest BCUT2D eigenvalue weighted by molar-refractivity contribution is 5.87. The molecule has 4 atom stereocenters. The number of imidazole rings is 2. The molecule has 2 saturated heterocycles. The molecule has 6 rings (SSSR count). The third-order valence-corrected chi connectivity index (χ3v) is 10.0. The van der Waals surface area contributed by atoms with Gasteiger partial charge in [-0.25, -0.2) is 28.3 Å². The molecule has 0 unspecified atom stereocenters. The first kappa shape index (κ1) is 37.9. The molecule has 0 aliphatic carbocycles. The Balaban J connectivity index is 1.15. The topological polar surface area (TPSA) is 175 Å². The van der Waals surface area contributed by atoms with Crippen LogP contribution in [0.5, 0.6) is 0 Å². The van der Waals surface area contributed by atoms with Crippen molar-refractivity contribution in [3.63, 3.8) is 0 Å². The number of halogens is 2. The van der Waals surface area contributed by atoms with Gasteiger partial charge in [0.15, 0.2) is 0 Å². The molecular formula is C38H44F2N8O6. The van der Waals surface area contributed by atoms with Crippen LogP contribution < -0.4 is 10.6 Å². The van der Waals surface area contributed by atoms with Gasteiger partial charge in [-0.1, -0.05) is 26.0 Å². The van der Waals surface area contributed by atoms with E-state index < -0.39 is 35.9 Å². The van der Waals surface area contributed by atoms with E-state index in [1.807, 2.05) is 13.8 Å². The number of hydrogen-bond acceptors (Lipinski definition) is 8. The minimum atomic E-state index is -0.796. The maximum Gasteiger partial charge on any atom is 0.407 e. The van der Waals surface area contributed by atoms with Gasteiger partial charge in [0, 0.05) is 24.2 Å². The standard InChI is InChI=1S/C38H44F2N8O6/c1-20(2)32(46-38(52)54-5)36(50)48-15-7-9-31(48)34-42-19-29(45-34)25-13-11-23(17-27(25)40)22-10-12-24(26(39)16-22)28-18-41-33(44-28)30-8-6-14-47(30)35(49)21(3)43-37(51)53-4/h10-13,16-21,30-32H,6-9,14-15H2,1-5H3,(H,41,44)(H,42,45)(H,43,51)(H,46,52)/t21-,30-,31-,32-/m0/s1. The van der Waals surface area contributed by atoms with E-state index in [4.69, 9.17) is 4.74 Å². The normalized spacial score (nSPS) is 18.1. The Hall–Kier alpha value is -5.80. The van der Waals surface area contributed by atoms with Crippen molar-refractivity contribution in [2.75, 3.05) is 27.3 Å². The number of aromatic amines is 2. The van der Waals surface area contributed by atoms with Crippen LogP contribution in [-0.2, 0) is 19.1 Å². The smallest absolute Gasteiger partial charge is 0.407 e. The van der Waals surface area contributed by atoms with Gasteiger partial charge < -0.3 is 39.9 Å². The first-order chi connectivity index (χ1) is 25.9. The van der Waals surface area contributed by atoms with E-state index in [0.717, 1.165) is 12.8 Å². The fourth-order valence-corrected chi connectivity index (χ4v) is 7.17. The van der Waals surface area contributed by atoms with E-state index >= 15 is 8.78 Å². The highest BCUT2D eigenvalue weighted by Crippen LogP contribution is 2.36. The molecule has 4 N–H and O–H groups in total. The predicted octanol–water partition coefficient (Wildman–Crippen LogP) is 5.86. The van der Waals surface area contributed by atoms with Crippen LogP contribution in [0.3, 0.4) is 0 Å². The van der Waals surface area contributed by atoms with Gasteiger partial charge in [0.25, 0.3) is 0 Å². The summed E-state index contributed by atoms with van der Waals surface area (Å²) in [6.07, 6.45) is 4.44.